The number of hydrogen-bond donors (Lipinski definition) is 2. The van der Waals surface area contributed by atoms with E-state index in [9.17, 15) is 9.59 Å². The molecule has 1 unspecified atom stereocenters. The lowest BCUT2D eigenvalue weighted by Crippen LogP contribution is -2.46. The normalized spacial score (nSPS) is 20.7. The minimum absolute atomic E-state index is 0. The number of likely N-dealkylation sites (N-methyl/N-ethyl adjacent to an activating group) is 1. The highest BCUT2D eigenvalue weighted by Crippen LogP contribution is 2.27. The molecule has 1 saturated heterocycles. The second-order valence-electron chi connectivity index (χ2n) is 7.28. The second kappa shape index (κ2) is 11.6. The Kier molecular flexibility index (Phi) is 10.3. The average Bonchev–Trinajstić information content (AvgIpc) is 3.28. The lowest BCUT2D eigenvalue weighted by atomic mass is 10.1. The minimum atomic E-state index is -0.0259. The maximum Gasteiger partial charge on any atom is 0.243 e. The van der Waals surface area contributed by atoms with Crippen LogP contribution in [0.4, 0.5) is 0 Å². The minimum Gasteiger partial charge on any atom is -0.356 e. The Morgan fingerprint density at radius 3 is 2.50 bits per heavy atom. The van der Waals surface area contributed by atoms with Crippen molar-refractivity contribution in [3.8, 4) is 0 Å². The molecule has 2 aliphatic rings. The molecule has 150 valence electrons. The molecule has 0 aromatic rings. The zero-order chi connectivity index (χ0) is 18.2. The van der Waals surface area contributed by atoms with Crippen LogP contribution in [0.15, 0.2) is 4.99 Å². The van der Waals surface area contributed by atoms with Gasteiger partial charge in [0.1, 0.15) is 6.54 Å². The Hall–Kier alpha value is -1.06. The molecule has 2 fully saturated rings. The van der Waals surface area contributed by atoms with Gasteiger partial charge in [0.05, 0.1) is 0 Å². The fourth-order valence-electron chi connectivity index (χ4n) is 3.39. The maximum absolute atomic E-state index is 12.5. The number of rotatable bonds is 6. The summed E-state index contributed by atoms with van der Waals surface area (Å²) in [5.74, 6) is 1.20. The van der Waals surface area contributed by atoms with Crippen LogP contribution in [0.5, 0.6) is 0 Å². The van der Waals surface area contributed by atoms with Gasteiger partial charge in [-0.3, -0.25) is 9.59 Å². The van der Waals surface area contributed by atoms with Crippen LogP contribution in [-0.4, -0.2) is 73.9 Å². The van der Waals surface area contributed by atoms with E-state index in [1.165, 1.54) is 12.8 Å². The highest BCUT2D eigenvalue weighted by Gasteiger charge is 2.32. The van der Waals surface area contributed by atoms with Crippen LogP contribution in [0.2, 0.25) is 0 Å². The predicted molar refractivity (Wildman–Crippen MR) is 115 cm³/mol. The van der Waals surface area contributed by atoms with Crippen molar-refractivity contribution in [2.24, 2.45) is 10.9 Å². The molecular formula is C18H34IN5O2. The first kappa shape index (κ1) is 23.0. The van der Waals surface area contributed by atoms with Gasteiger partial charge in [0, 0.05) is 45.7 Å². The van der Waals surface area contributed by atoms with E-state index in [-0.39, 0.29) is 48.4 Å². The Morgan fingerprint density at radius 1 is 1.19 bits per heavy atom. The molecule has 2 N–H and O–H groups in total. The first-order valence-electron chi connectivity index (χ1n) is 9.55. The first-order valence-corrected chi connectivity index (χ1v) is 9.55. The molecular weight excluding hydrogens is 445 g/mol. The topological polar surface area (TPSA) is 77.0 Å². The van der Waals surface area contributed by atoms with Crippen molar-refractivity contribution < 1.29 is 9.59 Å². The number of carbonyl (C=O) groups is 2. The van der Waals surface area contributed by atoms with Gasteiger partial charge in [-0.25, -0.2) is 4.99 Å². The van der Waals surface area contributed by atoms with Gasteiger partial charge in [-0.05, 0) is 25.7 Å². The van der Waals surface area contributed by atoms with Gasteiger partial charge in [0.2, 0.25) is 11.8 Å². The SMILES string of the molecule is CCCNC(=NCC(=O)N(C)C)NC1CCN(C(=O)C2CCCC2)C1.I. The van der Waals surface area contributed by atoms with E-state index < -0.39 is 0 Å². The number of nitrogens with one attached hydrogen (secondary N) is 2. The van der Waals surface area contributed by atoms with Crippen molar-refractivity contribution in [1.82, 2.24) is 20.4 Å². The van der Waals surface area contributed by atoms with Crippen molar-refractivity contribution in [1.29, 1.82) is 0 Å². The van der Waals surface area contributed by atoms with E-state index in [1.54, 1.807) is 19.0 Å². The third-order valence-electron chi connectivity index (χ3n) is 4.96. The first-order chi connectivity index (χ1) is 12.0. The van der Waals surface area contributed by atoms with Gasteiger partial charge >= 0.3 is 0 Å². The third kappa shape index (κ3) is 6.92. The molecule has 8 heteroatoms. The van der Waals surface area contributed by atoms with E-state index in [0.29, 0.717) is 11.9 Å². The maximum atomic E-state index is 12.5. The van der Waals surface area contributed by atoms with Crippen LogP contribution in [0, 0.1) is 5.92 Å². The molecule has 1 aliphatic heterocycles. The monoisotopic (exact) mass is 479 g/mol. The zero-order valence-corrected chi connectivity index (χ0v) is 18.6. The molecule has 0 aromatic heterocycles. The van der Waals surface area contributed by atoms with Crippen molar-refractivity contribution >= 4 is 41.8 Å². The number of amides is 2. The number of guanidine groups is 1. The van der Waals surface area contributed by atoms with Crippen LogP contribution in [-0.2, 0) is 9.59 Å². The third-order valence-corrected chi connectivity index (χ3v) is 4.96. The van der Waals surface area contributed by atoms with Crippen LogP contribution >= 0.6 is 24.0 Å². The molecule has 1 atom stereocenters. The van der Waals surface area contributed by atoms with Crippen LogP contribution in [0.25, 0.3) is 0 Å². The molecule has 1 heterocycles. The van der Waals surface area contributed by atoms with Gasteiger partial charge in [0.15, 0.2) is 5.96 Å². The largest absolute Gasteiger partial charge is 0.356 e. The van der Waals surface area contributed by atoms with E-state index in [0.717, 1.165) is 45.3 Å². The van der Waals surface area contributed by atoms with Crippen LogP contribution in [0.1, 0.15) is 45.4 Å². The smallest absolute Gasteiger partial charge is 0.243 e. The Bertz CT molecular complexity index is 492. The Balaban J connectivity index is 0.00000338. The summed E-state index contributed by atoms with van der Waals surface area (Å²) in [7, 11) is 3.46. The molecule has 2 amide bonds. The van der Waals surface area contributed by atoms with E-state index >= 15 is 0 Å². The van der Waals surface area contributed by atoms with Crippen molar-refractivity contribution in [2.75, 3.05) is 40.3 Å². The van der Waals surface area contributed by atoms with E-state index in [4.69, 9.17) is 0 Å². The zero-order valence-electron chi connectivity index (χ0n) is 16.3. The molecule has 1 aliphatic carbocycles. The summed E-state index contributed by atoms with van der Waals surface area (Å²) in [5, 5.41) is 6.65. The second-order valence-corrected chi connectivity index (χ2v) is 7.28. The fraction of sp³-hybridized carbons (Fsp3) is 0.833. The number of carbonyl (C=O) groups excluding carboxylic acids is 2. The highest BCUT2D eigenvalue weighted by molar-refractivity contribution is 14.0. The van der Waals surface area contributed by atoms with Crippen LogP contribution < -0.4 is 10.6 Å². The molecule has 0 aromatic carbocycles. The van der Waals surface area contributed by atoms with Crippen molar-refractivity contribution in [2.45, 2.75) is 51.5 Å². The lowest BCUT2D eigenvalue weighted by molar-refractivity contribution is -0.134. The summed E-state index contributed by atoms with van der Waals surface area (Å²) >= 11 is 0. The summed E-state index contributed by atoms with van der Waals surface area (Å²) in [4.78, 5) is 32.2. The molecule has 26 heavy (non-hydrogen) atoms. The standard InChI is InChI=1S/C18H33N5O2.HI/c1-4-10-19-18(20-12-16(24)22(2)3)21-15-9-11-23(13-15)17(25)14-7-5-6-8-14;/h14-15H,4-13H2,1-3H3,(H2,19,20,21);1H. The number of halogens is 1. The number of aliphatic imine (C=N–C) groups is 1. The van der Waals surface area contributed by atoms with Crippen molar-refractivity contribution in [3.05, 3.63) is 0 Å². The Morgan fingerprint density at radius 2 is 1.88 bits per heavy atom. The molecule has 0 radical (unpaired) electrons. The van der Waals surface area contributed by atoms with Gasteiger partial charge in [-0.2, -0.15) is 0 Å². The number of hydrogen-bond acceptors (Lipinski definition) is 3. The van der Waals surface area contributed by atoms with Gasteiger partial charge < -0.3 is 20.4 Å². The van der Waals surface area contributed by atoms with Gasteiger partial charge in [-0.15, -0.1) is 24.0 Å². The fourth-order valence-corrected chi connectivity index (χ4v) is 3.39. The molecule has 0 bridgehead atoms. The van der Waals surface area contributed by atoms with Gasteiger partial charge in [0.25, 0.3) is 0 Å². The van der Waals surface area contributed by atoms with Crippen LogP contribution in [0.3, 0.4) is 0 Å². The van der Waals surface area contributed by atoms with E-state index in [2.05, 4.69) is 22.5 Å². The molecule has 0 spiro atoms. The molecule has 1 saturated carbocycles. The molecule has 7 nitrogen and oxygen atoms in total. The lowest BCUT2D eigenvalue weighted by Gasteiger charge is -2.21. The predicted octanol–water partition coefficient (Wildman–Crippen LogP) is 1.43. The average molecular weight is 479 g/mol. The van der Waals surface area contributed by atoms with Gasteiger partial charge in [-0.1, -0.05) is 19.8 Å². The number of likely N-dealkylation sites (tertiary alicyclic amines) is 1. The summed E-state index contributed by atoms with van der Waals surface area (Å²) in [6, 6.07) is 0.197. The highest BCUT2D eigenvalue weighted by atomic mass is 127. The summed E-state index contributed by atoms with van der Waals surface area (Å²) in [5.41, 5.74) is 0. The number of nitrogens with zero attached hydrogens (tertiary/aromatic N) is 3. The Labute approximate surface area is 174 Å². The van der Waals surface area contributed by atoms with Crippen molar-refractivity contribution in [3.63, 3.8) is 0 Å². The quantitative estimate of drug-likeness (QED) is 0.344. The van der Waals surface area contributed by atoms with E-state index in [1.807, 2.05) is 4.90 Å². The summed E-state index contributed by atoms with van der Waals surface area (Å²) < 4.78 is 0. The molecule has 2 rings (SSSR count). The summed E-state index contributed by atoms with van der Waals surface area (Å²) in [6.45, 7) is 4.56. The summed E-state index contributed by atoms with van der Waals surface area (Å²) in [6.07, 6.45) is 6.37.